The van der Waals surface area contributed by atoms with Crippen LogP contribution in [0.3, 0.4) is 0 Å². The molecule has 2 aliphatic carbocycles. The molecule has 7 heteroatoms. The molecule has 0 atom stereocenters. The molecule has 1 saturated carbocycles. The third kappa shape index (κ3) is 4.51. The van der Waals surface area contributed by atoms with E-state index >= 15 is 0 Å². The standard InChI is InChI=1S/C24H25F3N2O2/c25-24(26,27)18-6-4-17(5-7-18)22(31)29(19-8-9-19)20-10-12-23(13-11-20,14-16-30)21-3-1-2-15-28-21/h1-8,15,20,30H,9-14,16H2. The Balaban J connectivity index is 1.51. The maximum absolute atomic E-state index is 13.2. The monoisotopic (exact) mass is 430 g/mol. The first-order valence-corrected chi connectivity index (χ1v) is 10.6. The quantitative estimate of drug-likeness (QED) is 0.694. The maximum atomic E-state index is 13.2. The summed E-state index contributed by atoms with van der Waals surface area (Å²) >= 11 is 0. The number of aliphatic hydroxyl groups is 1. The van der Waals surface area contributed by atoms with Crippen molar-refractivity contribution >= 4 is 5.91 Å². The van der Waals surface area contributed by atoms with Crippen LogP contribution in [0.4, 0.5) is 13.2 Å². The van der Waals surface area contributed by atoms with Crippen molar-refractivity contribution in [2.45, 2.75) is 56.2 Å². The minimum Gasteiger partial charge on any atom is -0.396 e. The van der Waals surface area contributed by atoms with Crippen LogP contribution in [0.2, 0.25) is 0 Å². The molecule has 0 unspecified atom stereocenters. The van der Waals surface area contributed by atoms with Gasteiger partial charge in [-0.2, -0.15) is 13.2 Å². The van der Waals surface area contributed by atoms with Gasteiger partial charge in [0.25, 0.3) is 5.91 Å². The van der Waals surface area contributed by atoms with E-state index in [1.165, 1.54) is 12.1 Å². The van der Waals surface area contributed by atoms with Crippen molar-refractivity contribution in [3.63, 3.8) is 0 Å². The molecule has 2 aliphatic rings. The molecule has 0 saturated heterocycles. The topological polar surface area (TPSA) is 53.4 Å². The summed E-state index contributed by atoms with van der Waals surface area (Å²) < 4.78 is 38.6. The van der Waals surface area contributed by atoms with Crippen molar-refractivity contribution in [2.24, 2.45) is 0 Å². The highest BCUT2D eigenvalue weighted by Crippen LogP contribution is 2.44. The lowest BCUT2D eigenvalue weighted by Gasteiger charge is -2.43. The number of rotatable bonds is 6. The lowest BCUT2D eigenvalue weighted by Crippen LogP contribution is -2.44. The molecule has 1 fully saturated rings. The van der Waals surface area contributed by atoms with Crippen molar-refractivity contribution < 1.29 is 23.1 Å². The van der Waals surface area contributed by atoms with Gasteiger partial charge in [0.1, 0.15) is 0 Å². The third-order valence-electron chi connectivity index (χ3n) is 6.45. The van der Waals surface area contributed by atoms with Crippen LogP contribution in [0.15, 0.2) is 60.4 Å². The SMILES string of the molecule is O=C(c1ccc(C(F)(F)F)cc1)N(C1=CC1)C1CCC(CCO)(c2ccccn2)CC1. The van der Waals surface area contributed by atoms with Crippen molar-refractivity contribution in [1.82, 2.24) is 9.88 Å². The summed E-state index contributed by atoms with van der Waals surface area (Å²) in [5.41, 5.74) is 1.19. The second-order valence-electron chi connectivity index (χ2n) is 8.35. The zero-order valence-corrected chi connectivity index (χ0v) is 17.1. The fraction of sp³-hybridized carbons (Fsp3) is 0.417. The molecule has 1 heterocycles. The Morgan fingerprint density at radius 3 is 2.32 bits per heavy atom. The number of halogens is 3. The predicted octanol–water partition coefficient (Wildman–Crippen LogP) is 5.09. The van der Waals surface area contributed by atoms with Crippen molar-refractivity contribution in [1.29, 1.82) is 0 Å². The van der Waals surface area contributed by atoms with E-state index in [-0.39, 0.29) is 29.5 Å². The van der Waals surface area contributed by atoms with Gasteiger partial charge in [0.15, 0.2) is 0 Å². The fourth-order valence-electron chi connectivity index (χ4n) is 4.65. The molecule has 1 amide bonds. The molecule has 31 heavy (non-hydrogen) atoms. The Morgan fingerprint density at radius 2 is 1.81 bits per heavy atom. The van der Waals surface area contributed by atoms with Crippen molar-refractivity contribution in [3.8, 4) is 0 Å². The smallest absolute Gasteiger partial charge is 0.396 e. The number of benzene rings is 1. The summed E-state index contributed by atoms with van der Waals surface area (Å²) in [6.07, 6.45) is 3.73. The van der Waals surface area contributed by atoms with Gasteiger partial charge in [-0.3, -0.25) is 9.78 Å². The van der Waals surface area contributed by atoms with Gasteiger partial charge in [-0.1, -0.05) is 12.1 Å². The molecule has 0 aliphatic heterocycles. The van der Waals surface area contributed by atoms with E-state index in [2.05, 4.69) is 4.98 Å². The molecule has 2 aromatic rings. The highest BCUT2D eigenvalue weighted by Gasteiger charge is 2.41. The van der Waals surface area contributed by atoms with Crippen molar-refractivity contribution in [2.75, 3.05) is 6.61 Å². The summed E-state index contributed by atoms with van der Waals surface area (Å²) in [7, 11) is 0. The van der Waals surface area contributed by atoms with E-state index in [9.17, 15) is 23.1 Å². The molecule has 0 bridgehead atoms. The molecule has 0 spiro atoms. The van der Waals surface area contributed by atoms with Crippen LogP contribution < -0.4 is 0 Å². The lowest BCUT2D eigenvalue weighted by atomic mass is 9.68. The lowest BCUT2D eigenvalue weighted by molar-refractivity contribution is -0.137. The van der Waals surface area contributed by atoms with E-state index in [0.717, 1.165) is 55.6 Å². The van der Waals surface area contributed by atoms with Gasteiger partial charge in [0, 0.05) is 47.6 Å². The predicted molar refractivity (Wildman–Crippen MR) is 110 cm³/mol. The van der Waals surface area contributed by atoms with Crippen LogP contribution in [0.1, 0.15) is 60.1 Å². The molecular weight excluding hydrogens is 405 g/mol. The van der Waals surface area contributed by atoms with E-state index in [1.54, 1.807) is 11.1 Å². The highest BCUT2D eigenvalue weighted by molar-refractivity contribution is 5.96. The zero-order chi connectivity index (χ0) is 22.1. The number of amides is 1. The first kappa shape index (κ1) is 21.6. The first-order valence-electron chi connectivity index (χ1n) is 10.6. The van der Waals surface area contributed by atoms with E-state index < -0.39 is 11.7 Å². The molecule has 4 rings (SSSR count). The van der Waals surface area contributed by atoms with Crippen molar-refractivity contribution in [3.05, 3.63) is 77.3 Å². The summed E-state index contributed by atoms with van der Waals surface area (Å²) in [4.78, 5) is 19.5. The van der Waals surface area contributed by atoms with Gasteiger partial charge in [-0.05, 0) is 68.5 Å². The van der Waals surface area contributed by atoms with E-state index in [0.29, 0.717) is 6.42 Å². The normalized spacial score (nSPS) is 23.2. The highest BCUT2D eigenvalue weighted by atomic mass is 19.4. The summed E-state index contributed by atoms with van der Waals surface area (Å²) in [5, 5.41) is 9.65. The number of hydrogen-bond acceptors (Lipinski definition) is 3. The molecule has 0 radical (unpaired) electrons. The van der Waals surface area contributed by atoms with Crippen LogP contribution >= 0.6 is 0 Å². The minimum absolute atomic E-state index is 0.0147. The molecule has 1 aromatic heterocycles. The minimum atomic E-state index is -4.43. The van der Waals surface area contributed by atoms with E-state index in [1.807, 2.05) is 24.3 Å². The van der Waals surface area contributed by atoms with E-state index in [4.69, 9.17) is 0 Å². The maximum Gasteiger partial charge on any atom is 0.416 e. The number of hydrogen-bond donors (Lipinski definition) is 1. The molecule has 4 nitrogen and oxygen atoms in total. The first-order chi connectivity index (χ1) is 14.8. The Hall–Kier alpha value is -2.67. The molecule has 1 aromatic carbocycles. The molecule has 164 valence electrons. The number of nitrogens with zero attached hydrogens (tertiary/aromatic N) is 2. The second kappa shape index (κ2) is 8.46. The van der Waals surface area contributed by atoms with Gasteiger partial charge in [0.2, 0.25) is 0 Å². The number of aromatic nitrogens is 1. The van der Waals surface area contributed by atoms with Gasteiger partial charge in [-0.25, -0.2) is 0 Å². The average Bonchev–Trinajstić information content (AvgIpc) is 3.60. The number of aliphatic hydroxyl groups excluding tert-OH is 1. The van der Waals surface area contributed by atoms with Crippen LogP contribution in [-0.4, -0.2) is 33.5 Å². The number of pyridine rings is 1. The van der Waals surface area contributed by atoms with Gasteiger partial charge in [-0.15, -0.1) is 0 Å². The van der Waals surface area contributed by atoms with Crippen LogP contribution in [-0.2, 0) is 11.6 Å². The second-order valence-corrected chi connectivity index (χ2v) is 8.35. The molecular formula is C24H25F3N2O2. The summed E-state index contributed by atoms with van der Waals surface area (Å²) in [5.74, 6) is -0.255. The molecule has 1 N–H and O–H groups in total. The number of alkyl halides is 3. The Bertz CT molecular complexity index is 947. The number of carbonyl (C=O) groups is 1. The summed E-state index contributed by atoms with van der Waals surface area (Å²) in [6.45, 7) is 0.0700. The Labute approximate surface area is 179 Å². The van der Waals surface area contributed by atoms with Gasteiger partial charge in [0.05, 0.1) is 5.56 Å². The van der Waals surface area contributed by atoms with Crippen LogP contribution in [0, 0.1) is 0 Å². The zero-order valence-electron chi connectivity index (χ0n) is 17.1. The van der Waals surface area contributed by atoms with Crippen LogP contribution in [0.5, 0.6) is 0 Å². The fourth-order valence-corrected chi connectivity index (χ4v) is 4.65. The average molecular weight is 430 g/mol. The van der Waals surface area contributed by atoms with Gasteiger partial charge < -0.3 is 10.0 Å². The Kier molecular flexibility index (Phi) is 5.88. The third-order valence-corrected chi connectivity index (χ3v) is 6.45. The summed E-state index contributed by atoms with van der Waals surface area (Å²) in [6, 6.07) is 10.2. The Morgan fingerprint density at radius 1 is 1.13 bits per heavy atom. The number of carbonyl (C=O) groups excluding carboxylic acids is 1. The van der Waals surface area contributed by atoms with Crippen LogP contribution in [0.25, 0.3) is 0 Å². The number of allylic oxidation sites excluding steroid dienone is 2. The van der Waals surface area contributed by atoms with Gasteiger partial charge >= 0.3 is 6.18 Å². The largest absolute Gasteiger partial charge is 0.416 e.